The van der Waals surface area contributed by atoms with Crippen LogP contribution in [0, 0.1) is 11.8 Å². The summed E-state index contributed by atoms with van der Waals surface area (Å²) in [5.74, 6) is -1.22. The molecule has 1 N–H and O–H groups in total. The minimum absolute atomic E-state index is 0.0924. The smallest absolute Gasteiger partial charge is 0.333 e. The van der Waals surface area contributed by atoms with Crippen LogP contribution in [0.1, 0.15) is 27.7 Å². The van der Waals surface area contributed by atoms with Gasteiger partial charge in [-0.3, -0.25) is 0 Å². The number of esters is 1. The van der Waals surface area contributed by atoms with Crippen LogP contribution < -0.4 is 0 Å². The number of allylic oxidation sites excluding steroid dienone is 2. The molecule has 0 aliphatic carbocycles. The Kier molecular flexibility index (Phi) is 6.25. The number of hydrogen-bond donors (Lipinski definition) is 1. The highest BCUT2D eigenvalue weighted by molar-refractivity contribution is 5.88. The Hall–Kier alpha value is -1.58. The lowest BCUT2D eigenvalue weighted by Gasteiger charge is -2.14. The number of carbonyl (C=O) groups excluding carboxylic acids is 1. The van der Waals surface area contributed by atoms with Crippen molar-refractivity contribution in [2.45, 2.75) is 27.7 Å². The normalized spacial score (nSPS) is 14.7. The second kappa shape index (κ2) is 6.89. The van der Waals surface area contributed by atoms with Gasteiger partial charge in [-0.05, 0) is 25.7 Å². The van der Waals surface area contributed by atoms with E-state index in [4.69, 9.17) is 5.11 Å². The van der Waals surface area contributed by atoms with Crippen molar-refractivity contribution >= 4 is 11.9 Å². The van der Waals surface area contributed by atoms with Crippen LogP contribution in [0.5, 0.6) is 0 Å². The zero-order valence-corrected chi connectivity index (χ0v) is 11.0. The van der Waals surface area contributed by atoms with E-state index in [1.807, 2.05) is 13.8 Å². The molecule has 0 amide bonds. The average Bonchev–Trinajstić information content (AvgIpc) is 2.26. The first-order valence-electron chi connectivity index (χ1n) is 5.48. The highest BCUT2D eigenvalue weighted by Gasteiger charge is 2.13. The van der Waals surface area contributed by atoms with E-state index in [-0.39, 0.29) is 17.4 Å². The molecule has 0 fully saturated rings. The second-order valence-electron chi connectivity index (χ2n) is 4.32. The average molecular weight is 240 g/mol. The topological polar surface area (TPSA) is 63.6 Å². The molecule has 0 rings (SSSR count). The zero-order valence-electron chi connectivity index (χ0n) is 11.0. The van der Waals surface area contributed by atoms with Gasteiger partial charge in [-0.25, -0.2) is 9.59 Å². The quantitative estimate of drug-likeness (QED) is 0.592. The van der Waals surface area contributed by atoms with Crippen LogP contribution >= 0.6 is 0 Å². The standard InChI is InChI=1S/C13H20O4/c1-8(2)11(6-9(3)12(14)15)7-10(4)13(16)17-5/h6-8,11H,1-5H3,(H,14,15). The number of methoxy groups -OCH3 is 1. The summed E-state index contributed by atoms with van der Waals surface area (Å²) in [7, 11) is 1.32. The van der Waals surface area contributed by atoms with Gasteiger partial charge >= 0.3 is 11.9 Å². The van der Waals surface area contributed by atoms with Crippen LogP contribution in [0.2, 0.25) is 0 Å². The lowest BCUT2D eigenvalue weighted by atomic mass is 9.91. The van der Waals surface area contributed by atoms with E-state index in [2.05, 4.69) is 4.74 Å². The van der Waals surface area contributed by atoms with Gasteiger partial charge in [-0.15, -0.1) is 0 Å². The van der Waals surface area contributed by atoms with Gasteiger partial charge in [-0.1, -0.05) is 26.0 Å². The molecule has 0 aliphatic rings. The molecule has 96 valence electrons. The third kappa shape index (κ3) is 5.33. The summed E-state index contributed by atoms with van der Waals surface area (Å²) in [6.45, 7) is 7.14. The minimum Gasteiger partial charge on any atom is -0.478 e. The van der Waals surface area contributed by atoms with Gasteiger partial charge in [0, 0.05) is 11.1 Å². The third-order valence-electron chi connectivity index (χ3n) is 2.50. The lowest BCUT2D eigenvalue weighted by Crippen LogP contribution is -2.10. The van der Waals surface area contributed by atoms with Gasteiger partial charge in [0.1, 0.15) is 0 Å². The summed E-state index contributed by atoms with van der Waals surface area (Å²) < 4.78 is 4.60. The number of ether oxygens (including phenoxy) is 1. The molecule has 1 unspecified atom stereocenters. The molecule has 1 atom stereocenters. The van der Waals surface area contributed by atoms with E-state index < -0.39 is 11.9 Å². The molecule has 0 saturated heterocycles. The lowest BCUT2D eigenvalue weighted by molar-refractivity contribution is -0.136. The van der Waals surface area contributed by atoms with Crippen molar-refractivity contribution in [1.29, 1.82) is 0 Å². The molecule has 4 heteroatoms. The molecule has 4 nitrogen and oxygen atoms in total. The Morgan fingerprint density at radius 1 is 1.12 bits per heavy atom. The largest absolute Gasteiger partial charge is 0.478 e. The van der Waals surface area contributed by atoms with Crippen LogP contribution in [0.15, 0.2) is 23.3 Å². The summed E-state index contributed by atoms with van der Waals surface area (Å²) in [5, 5.41) is 8.82. The van der Waals surface area contributed by atoms with E-state index in [0.717, 1.165) is 0 Å². The highest BCUT2D eigenvalue weighted by atomic mass is 16.5. The van der Waals surface area contributed by atoms with Gasteiger partial charge in [0.2, 0.25) is 0 Å². The SMILES string of the molecule is COC(=O)C(C)=CC(C=C(C)C(=O)O)C(C)C. The van der Waals surface area contributed by atoms with Gasteiger partial charge in [-0.2, -0.15) is 0 Å². The summed E-state index contributed by atoms with van der Waals surface area (Å²) >= 11 is 0. The fourth-order valence-electron chi connectivity index (χ4n) is 1.31. The number of carboxylic acid groups (broad SMARTS) is 1. The van der Waals surface area contributed by atoms with Crippen molar-refractivity contribution in [3.8, 4) is 0 Å². The predicted octanol–water partition coefficient (Wildman–Crippen LogP) is 2.41. The van der Waals surface area contributed by atoms with Gasteiger partial charge in [0.15, 0.2) is 0 Å². The third-order valence-corrected chi connectivity index (χ3v) is 2.50. The molecule has 0 aromatic heterocycles. The highest BCUT2D eigenvalue weighted by Crippen LogP contribution is 2.18. The van der Waals surface area contributed by atoms with Crippen LogP contribution in [-0.4, -0.2) is 24.2 Å². The van der Waals surface area contributed by atoms with Crippen molar-refractivity contribution in [1.82, 2.24) is 0 Å². The first kappa shape index (κ1) is 15.4. The fraction of sp³-hybridized carbons (Fsp3) is 0.538. The summed E-state index contributed by atoms with van der Waals surface area (Å²) in [6.07, 6.45) is 3.39. The molecule has 17 heavy (non-hydrogen) atoms. The molecule has 0 heterocycles. The van der Waals surface area contributed by atoms with Crippen LogP contribution in [-0.2, 0) is 14.3 Å². The van der Waals surface area contributed by atoms with Gasteiger partial charge in [0.05, 0.1) is 7.11 Å². The molecule has 0 bridgehead atoms. The number of carboxylic acids is 1. The monoisotopic (exact) mass is 240 g/mol. The summed E-state index contributed by atoms with van der Waals surface area (Å²) in [6, 6.07) is 0. The first-order chi connectivity index (χ1) is 7.79. The zero-order chi connectivity index (χ0) is 13.6. The molecule has 0 radical (unpaired) electrons. The van der Waals surface area contributed by atoms with E-state index in [1.165, 1.54) is 7.11 Å². The summed E-state index contributed by atoms with van der Waals surface area (Å²) in [4.78, 5) is 22.0. The van der Waals surface area contributed by atoms with Crippen molar-refractivity contribution in [3.05, 3.63) is 23.3 Å². The number of carbonyl (C=O) groups is 2. The number of aliphatic carboxylic acids is 1. The minimum atomic E-state index is -0.945. The van der Waals surface area contributed by atoms with E-state index in [9.17, 15) is 9.59 Å². The predicted molar refractivity (Wildman–Crippen MR) is 65.5 cm³/mol. The summed E-state index contributed by atoms with van der Waals surface area (Å²) in [5.41, 5.74) is 0.762. The Balaban J connectivity index is 5.08. The van der Waals surface area contributed by atoms with Crippen LogP contribution in [0.25, 0.3) is 0 Å². The van der Waals surface area contributed by atoms with Gasteiger partial charge < -0.3 is 9.84 Å². The molecule has 0 aliphatic heterocycles. The fourth-order valence-corrected chi connectivity index (χ4v) is 1.31. The Morgan fingerprint density at radius 3 is 1.94 bits per heavy atom. The van der Waals surface area contributed by atoms with Crippen molar-refractivity contribution in [2.75, 3.05) is 7.11 Å². The Bertz CT molecular complexity index is 350. The van der Waals surface area contributed by atoms with E-state index in [0.29, 0.717) is 5.57 Å². The second-order valence-corrected chi connectivity index (χ2v) is 4.32. The molecule has 0 saturated carbocycles. The molecule has 0 aromatic carbocycles. The Morgan fingerprint density at radius 2 is 1.59 bits per heavy atom. The van der Waals surface area contributed by atoms with Crippen molar-refractivity contribution in [3.63, 3.8) is 0 Å². The maximum atomic E-state index is 11.3. The van der Waals surface area contributed by atoms with E-state index >= 15 is 0 Å². The van der Waals surface area contributed by atoms with Crippen molar-refractivity contribution < 1.29 is 19.4 Å². The molecular weight excluding hydrogens is 220 g/mol. The van der Waals surface area contributed by atoms with E-state index in [1.54, 1.807) is 26.0 Å². The molecular formula is C13H20O4. The first-order valence-corrected chi connectivity index (χ1v) is 5.48. The molecule has 0 spiro atoms. The maximum Gasteiger partial charge on any atom is 0.333 e. The van der Waals surface area contributed by atoms with Crippen LogP contribution in [0.4, 0.5) is 0 Å². The number of hydrogen-bond acceptors (Lipinski definition) is 3. The maximum absolute atomic E-state index is 11.3. The number of rotatable bonds is 5. The Labute approximate surface area is 102 Å². The van der Waals surface area contributed by atoms with Crippen LogP contribution in [0.3, 0.4) is 0 Å². The van der Waals surface area contributed by atoms with Gasteiger partial charge in [0.25, 0.3) is 0 Å². The van der Waals surface area contributed by atoms with Crippen molar-refractivity contribution in [2.24, 2.45) is 11.8 Å². The molecule has 0 aromatic rings.